The summed E-state index contributed by atoms with van der Waals surface area (Å²) < 4.78 is 5.29. The Kier molecular flexibility index (Phi) is 4.63. The summed E-state index contributed by atoms with van der Waals surface area (Å²) >= 11 is 0. The van der Waals surface area contributed by atoms with Gasteiger partial charge in [-0.05, 0) is 32.5 Å². The SMILES string of the molecule is CCC[C@H](C)N(C)Cc1nc(-c2cccnc2)no1. The van der Waals surface area contributed by atoms with Gasteiger partial charge in [0, 0.05) is 24.0 Å². The van der Waals surface area contributed by atoms with E-state index in [9.17, 15) is 0 Å². The van der Waals surface area contributed by atoms with E-state index >= 15 is 0 Å². The molecule has 0 saturated carbocycles. The molecule has 19 heavy (non-hydrogen) atoms. The third-order valence-electron chi connectivity index (χ3n) is 3.23. The first kappa shape index (κ1) is 13.7. The van der Waals surface area contributed by atoms with Crippen LogP contribution in [0.4, 0.5) is 0 Å². The van der Waals surface area contributed by atoms with Crippen molar-refractivity contribution in [2.24, 2.45) is 0 Å². The van der Waals surface area contributed by atoms with Crippen molar-refractivity contribution in [3.8, 4) is 11.4 Å². The van der Waals surface area contributed by atoms with Crippen molar-refractivity contribution >= 4 is 0 Å². The molecular weight excluding hydrogens is 240 g/mol. The second-order valence-corrected chi connectivity index (χ2v) is 4.81. The van der Waals surface area contributed by atoms with Crippen LogP contribution >= 0.6 is 0 Å². The maximum absolute atomic E-state index is 5.29. The highest BCUT2D eigenvalue weighted by Crippen LogP contribution is 2.15. The van der Waals surface area contributed by atoms with Gasteiger partial charge in [-0.2, -0.15) is 4.98 Å². The summed E-state index contributed by atoms with van der Waals surface area (Å²) in [5.41, 5.74) is 0.877. The lowest BCUT2D eigenvalue weighted by Gasteiger charge is -2.22. The van der Waals surface area contributed by atoms with Gasteiger partial charge >= 0.3 is 0 Å². The first-order chi connectivity index (χ1) is 9.20. The molecule has 0 aliphatic carbocycles. The van der Waals surface area contributed by atoms with E-state index in [0.717, 1.165) is 5.56 Å². The summed E-state index contributed by atoms with van der Waals surface area (Å²) in [6, 6.07) is 4.30. The first-order valence-corrected chi connectivity index (χ1v) is 6.64. The topological polar surface area (TPSA) is 55.1 Å². The molecule has 2 aromatic heterocycles. The van der Waals surface area contributed by atoms with Gasteiger partial charge in [0.1, 0.15) is 0 Å². The summed E-state index contributed by atoms with van der Waals surface area (Å²) in [6.07, 6.45) is 5.80. The average Bonchev–Trinajstić information content (AvgIpc) is 2.88. The fraction of sp³-hybridized carbons (Fsp3) is 0.500. The fourth-order valence-corrected chi connectivity index (χ4v) is 1.94. The Balaban J connectivity index is 2.02. The molecule has 0 aromatic carbocycles. The summed E-state index contributed by atoms with van der Waals surface area (Å²) in [5, 5.41) is 3.99. The maximum Gasteiger partial charge on any atom is 0.241 e. The summed E-state index contributed by atoms with van der Waals surface area (Å²) in [4.78, 5) is 10.7. The monoisotopic (exact) mass is 260 g/mol. The zero-order valence-electron chi connectivity index (χ0n) is 11.7. The highest BCUT2D eigenvalue weighted by atomic mass is 16.5. The van der Waals surface area contributed by atoms with Crippen molar-refractivity contribution in [2.45, 2.75) is 39.3 Å². The van der Waals surface area contributed by atoms with E-state index in [1.807, 2.05) is 12.1 Å². The smallest absolute Gasteiger partial charge is 0.241 e. The Hall–Kier alpha value is -1.75. The normalized spacial score (nSPS) is 12.8. The number of hydrogen-bond acceptors (Lipinski definition) is 5. The lowest BCUT2D eigenvalue weighted by atomic mass is 10.2. The first-order valence-electron chi connectivity index (χ1n) is 6.64. The number of pyridine rings is 1. The Morgan fingerprint density at radius 1 is 1.42 bits per heavy atom. The van der Waals surface area contributed by atoms with Gasteiger partial charge in [-0.15, -0.1) is 0 Å². The van der Waals surface area contributed by atoms with Gasteiger partial charge in [-0.25, -0.2) is 0 Å². The van der Waals surface area contributed by atoms with Crippen molar-refractivity contribution in [1.29, 1.82) is 0 Å². The minimum atomic E-state index is 0.513. The molecule has 0 aliphatic rings. The molecule has 5 nitrogen and oxygen atoms in total. The molecule has 0 N–H and O–H groups in total. The molecule has 0 radical (unpaired) electrons. The standard InChI is InChI=1S/C14H20N4O/c1-4-6-11(2)18(3)10-13-16-14(17-19-13)12-7-5-8-15-9-12/h5,7-9,11H,4,6,10H2,1-3H3/t11-/m0/s1. The van der Waals surface area contributed by atoms with Crippen molar-refractivity contribution in [1.82, 2.24) is 20.0 Å². The van der Waals surface area contributed by atoms with E-state index in [0.29, 0.717) is 24.3 Å². The van der Waals surface area contributed by atoms with Crippen LogP contribution in [0.25, 0.3) is 11.4 Å². The number of hydrogen-bond donors (Lipinski definition) is 0. The molecular formula is C14H20N4O. The maximum atomic E-state index is 5.29. The highest BCUT2D eigenvalue weighted by Gasteiger charge is 2.14. The zero-order valence-corrected chi connectivity index (χ0v) is 11.7. The van der Waals surface area contributed by atoms with Gasteiger partial charge < -0.3 is 4.52 Å². The van der Waals surface area contributed by atoms with E-state index in [1.54, 1.807) is 12.4 Å². The van der Waals surface area contributed by atoms with Crippen LogP contribution < -0.4 is 0 Å². The molecule has 0 spiro atoms. The third-order valence-corrected chi connectivity index (χ3v) is 3.23. The lowest BCUT2D eigenvalue weighted by molar-refractivity contribution is 0.205. The van der Waals surface area contributed by atoms with Gasteiger partial charge in [0.15, 0.2) is 0 Å². The van der Waals surface area contributed by atoms with Gasteiger partial charge in [-0.1, -0.05) is 18.5 Å². The summed E-state index contributed by atoms with van der Waals surface area (Å²) in [5.74, 6) is 1.24. The van der Waals surface area contributed by atoms with E-state index in [-0.39, 0.29) is 0 Å². The van der Waals surface area contributed by atoms with Crippen LogP contribution in [0, 0.1) is 0 Å². The molecule has 0 bridgehead atoms. The molecule has 0 unspecified atom stereocenters. The van der Waals surface area contributed by atoms with E-state index in [2.05, 4.69) is 40.9 Å². The van der Waals surface area contributed by atoms with Crippen LogP contribution in [-0.2, 0) is 6.54 Å². The predicted octanol–water partition coefficient (Wildman–Crippen LogP) is 2.75. The van der Waals surface area contributed by atoms with Crippen LogP contribution in [-0.4, -0.2) is 33.1 Å². The van der Waals surface area contributed by atoms with Crippen LogP contribution in [0.15, 0.2) is 29.0 Å². The second-order valence-electron chi connectivity index (χ2n) is 4.81. The number of aromatic nitrogens is 3. The van der Waals surface area contributed by atoms with Gasteiger partial charge in [0.25, 0.3) is 0 Å². The van der Waals surface area contributed by atoms with Crippen LogP contribution in [0.5, 0.6) is 0 Å². The van der Waals surface area contributed by atoms with Crippen molar-refractivity contribution in [3.63, 3.8) is 0 Å². The van der Waals surface area contributed by atoms with Crippen LogP contribution in [0.1, 0.15) is 32.6 Å². The molecule has 2 heterocycles. The molecule has 2 aromatic rings. The van der Waals surface area contributed by atoms with E-state index in [4.69, 9.17) is 4.52 Å². The molecule has 0 saturated heterocycles. The Morgan fingerprint density at radius 2 is 2.26 bits per heavy atom. The van der Waals surface area contributed by atoms with Crippen LogP contribution in [0.3, 0.4) is 0 Å². The highest BCUT2D eigenvalue weighted by molar-refractivity contribution is 5.51. The Morgan fingerprint density at radius 3 is 2.95 bits per heavy atom. The second kappa shape index (κ2) is 6.43. The molecule has 1 atom stereocenters. The summed E-state index contributed by atoms with van der Waals surface area (Å²) in [6.45, 7) is 5.08. The fourth-order valence-electron chi connectivity index (χ4n) is 1.94. The zero-order chi connectivity index (χ0) is 13.7. The van der Waals surface area contributed by atoms with E-state index < -0.39 is 0 Å². The third kappa shape index (κ3) is 3.61. The molecule has 0 aliphatic heterocycles. The minimum Gasteiger partial charge on any atom is -0.338 e. The quantitative estimate of drug-likeness (QED) is 0.799. The van der Waals surface area contributed by atoms with Crippen molar-refractivity contribution in [3.05, 3.63) is 30.4 Å². The van der Waals surface area contributed by atoms with Crippen LogP contribution in [0.2, 0.25) is 0 Å². The molecule has 0 fully saturated rings. The Bertz CT molecular complexity index is 497. The van der Waals surface area contributed by atoms with Crippen molar-refractivity contribution < 1.29 is 4.52 Å². The Labute approximate surface area is 113 Å². The van der Waals surface area contributed by atoms with Crippen molar-refractivity contribution in [2.75, 3.05) is 7.05 Å². The molecule has 5 heteroatoms. The number of rotatable bonds is 6. The predicted molar refractivity (Wildman–Crippen MR) is 73.4 cm³/mol. The molecule has 0 amide bonds. The summed E-state index contributed by atoms with van der Waals surface area (Å²) in [7, 11) is 2.08. The minimum absolute atomic E-state index is 0.513. The number of nitrogens with zero attached hydrogens (tertiary/aromatic N) is 4. The van der Waals surface area contributed by atoms with E-state index in [1.165, 1.54) is 12.8 Å². The van der Waals surface area contributed by atoms with Gasteiger partial charge in [0.05, 0.1) is 6.54 Å². The van der Waals surface area contributed by atoms with Gasteiger partial charge in [-0.3, -0.25) is 9.88 Å². The average molecular weight is 260 g/mol. The molecule has 102 valence electrons. The lowest BCUT2D eigenvalue weighted by Crippen LogP contribution is -2.28. The molecule has 2 rings (SSSR count). The largest absolute Gasteiger partial charge is 0.338 e. The van der Waals surface area contributed by atoms with Gasteiger partial charge in [0.2, 0.25) is 11.7 Å².